The van der Waals surface area contributed by atoms with Crippen LogP contribution < -0.4 is 11.3 Å². The molecule has 1 saturated heterocycles. The van der Waals surface area contributed by atoms with Crippen molar-refractivity contribution in [3.63, 3.8) is 0 Å². The topological polar surface area (TPSA) is 88.3 Å². The molecule has 106 valence electrons. The molecule has 0 aromatic carbocycles. The molecule has 0 bridgehead atoms. The van der Waals surface area contributed by atoms with Crippen LogP contribution in [0.1, 0.15) is 20.3 Å². The Bertz CT molecular complexity index is 519. The third kappa shape index (κ3) is 3.05. The number of hydrogen-bond donors (Lipinski definition) is 2. The fourth-order valence-electron chi connectivity index (χ4n) is 2.57. The van der Waals surface area contributed by atoms with E-state index in [0.717, 1.165) is 6.42 Å². The van der Waals surface area contributed by atoms with Gasteiger partial charge in [-0.05, 0) is 30.4 Å². The van der Waals surface area contributed by atoms with Crippen molar-refractivity contribution < 1.29 is 8.42 Å². The quantitative estimate of drug-likeness (QED) is 0.639. The van der Waals surface area contributed by atoms with Crippen molar-refractivity contribution in [3.05, 3.63) is 18.3 Å². The van der Waals surface area contributed by atoms with E-state index in [1.54, 1.807) is 10.4 Å². The number of piperidine rings is 1. The summed E-state index contributed by atoms with van der Waals surface area (Å²) in [4.78, 5) is 4.17. The SMILES string of the molecule is C[C@@H]1C[C@H](C)CN(S(=O)(=O)c2ccc(NN)nc2)C1. The average molecular weight is 284 g/mol. The lowest BCUT2D eigenvalue weighted by Gasteiger charge is -2.33. The second-order valence-electron chi connectivity index (χ2n) is 5.29. The van der Waals surface area contributed by atoms with Crippen LogP contribution in [0.15, 0.2) is 23.2 Å². The molecular formula is C12H20N4O2S. The molecule has 1 aliphatic heterocycles. The van der Waals surface area contributed by atoms with E-state index in [0.29, 0.717) is 30.7 Å². The van der Waals surface area contributed by atoms with Crippen LogP contribution in [-0.4, -0.2) is 30.8 Å². The van der Waals surface area contributed by atoms with Crippen LogP contribution >= 0.6 is 0 Å². The summed E-state index contributed by atoms with van der Waals surface area (Å²) in [6, 6.07) is 3.09. The van der Waals surface area contributed by atoms with Crippen molar-refractivity contribution in [1.82, 2.24) is 9.29 Å². The molecule has 0 spiro atoms. The summed E-state index contributed by atoms with van der Waals surface area (Å²) in [5.41, 5.74) is 2.38. The number of hydrogen-bond acceptors (Lipinski definition) is 5. The Kier molecular flexibility index (Phi) is 4.07. The predicted molar refractivity (Wildman–Crippen MR) is 73.8 cm³/mol. The first-order valence-electron chi connectivity index (χ1n) is 6.36. The molecule has 6 nitrogen and oxygen atoms in total. The minimum Gasteiger partial charge on any atom is -0.308 e. The standard InChI is InChI=1S/C12H20N4O2S/c1-9-5-10(2)8-16(7-9)19(17,18)11-3-4-12(15-13)14-6-11/h3-4,6,9-10H,5,7-8,13H2,1-2H3,(H,14,15)/t9-,10+. The van der Waals surface area contributed by atoms with Crippen LogP contribution in [0.5, 0.6) is 0 Å². The van der Waals surface area contributed by atoms with Gasteiger partial charge in [0.2, 0.25) is 10.0 Å². The van der Waals surface area contributed by atoms with Crippen molar-refractivity contribution in [2.45, 2.75) is 25.2 Å². The highest BCUT2D eigenvalue weighted by molar-refractivity contribution is 7.89. The van der Waals surface area contributed by atoms with Crippen LogP contribution in [0.4, 0.5) is 5.82 Å². The Morgan fingerprint density at radius 2 is 1.95 bits per heavy atom. The molecule has 0 amide bonds. The minimum absolute atomic E-state index is 0.216. The highest BCUT2D eigenvalue weighted by Gasteiger charge is 2.31. The van der Waals surface area contributed by atoms with E-state index >= 15 is 0 Å². The fourth-order valence-corrected chi connectivity index (χ4v) is 4.19. The molecule has 1 aliphatic rings. The molecule has 2 rings (SSSR count). The van der Waals surface area contributed by atoms with Crippen LogP contribution in [-0.2, 0) is 10.0 Å². The Morgan fingerprint density at radius 1 is 1.32 bits per heavy atom. The zero-order chi connectivity index (χ0) is 14.0. The largest absolute Gasteiger partial charge is 0.308 e. The maximum absolute atomic E-state index is 12.5. The highest BCUT2D eigenvalue weighted by atomic mass is 32.2. The molecule has 0 radical (unpaired) electrons. The normalized spacial score (nSPS) is 25.2. The van der Waals surface area contributed by atoms with Gasteiger partial charge in [-0.2, -0.15) is 4.31 Å². The number of nitrogens with zero attached hydrogens (tertiary/aromatic N) is 2. The summed E-state index contributed by atoms with van der Waals surface area (Å²) < 4.78 is 26.6. The second kappa shape index (κ2) is 5.44. The van der Waals surface area contributed by atoms with E-state index in [4.69, 9.17) is 5.84 Å². The average Bonchev–Trinajstić information content (AvgIpc) is 2.37. The van der Waals surface area contributed by atoms with Crippen LogP contribution in [0.3, 0.4) is 0 Å². The lowest BCUT2D eigenvalue weighted by molar-refractivity contribution is 0.222. The monoisotopic (exact) mass is 284 g/mol. The van der Waals surface area contributed by atoms with Crippen molar-refractivity contribution >= 4 is 15.8 Å². The van der Waals surface area contributed by atoms with Gasteiger partial charge in [0.25, 0.3) is 0 Å². The first kappa shape index (κ1) is 14.2. The van der Waals surface area contributed by atoms with Crippen molar-refractivity contribution in [2.75, 3.05) is 18.5 Å². The molecule has 0 saturated carbocycles. The second-order valence-corrected chi connectivity index (χ2v) is 7.23. The van der Waals surface area contributed by atoms with Gasteiger partial charge in [0.15, 0.2) is 0 Å². The lowest BCUT2D eigenvalue weighted by atomic mass is 9.94. The molecular weight excluding hydrogens is 264 g/mol. The number of sulfonamides is 1. The van der Waals surface area contributed by atoms with E-state index < -0.39 is 10.0 Å². The molecule has 2 heterocycles. The van der Waals surface area contributed by atoms with E-state index in [2.05, 4.69) is 24.3 Å². The zero-order valence-electron chi connectivity index (χ0n) is 11.2. The molecule has 1 aromatic heterocycles. The summed E-state index contributed by atoms with van der Waals surface area (Å²) in [5, 5.41) is 0. The zero-order valence-corrected chi connectivity index (χ0v) is 12.0. The number of nitrogen functional groups attached to an aromatic ring is 1. The molecule has 0 unspecified atom stereocenters. The maximum atomic E-state index is 12.5. The Labute approximate surface area is 114 Å². The molecule has 19 heavy (non-hydrogen) atoms. The Balaban J connectivity index is 2.25. The summed E-state index contributed by atoms with van der Waals surface area (Å²) in [6.07, 6.45) is 2.41. The third-order valence-corrected chi connectivity index (χ3v) is 5.17. The van der Waals surface area contributed by atoms with E-state index in [-0.39, 0.29) is 4.90 Å². The van der Waals surface area contributed by atoms with Crippen molar-refractivity contribution in [3.8, 4) is 0 Å². The summed E-state index contributed by atoms with van der Waals surface area (Å²) in [7, 11) is -3.45. The van der Waals surface area contributed by atoms with Crippen molar-refractivity contribution in [1.29, 1.82) is 0 Å². The molecule has 3 N–H and O–H groups in total. The molecule has 0 aliphatic carbocycles. The number of nitrogens with one attached hydrogen (secondary N) is 1. The number of aromatic nitrogens is 1. The van der Waals surface area contributed by atoms with Crippen molar-refractivity contribution in [2.24, 2.45) is 17.7 Å². The molecule has 1 fully saturated rings. The number of nitrogens with two attached hydrogens (primary N) is 1. The molecule has 7 heteroatoms. The van der Waals surface area contributed by atoms with Gasteiger partial charge in [0.1, 0.15) is 10.7 Å². The number of pyridine rings is 1. The smallest absolute Gasteiger partial charge is 0.244 e. The van der Waals surface area contributed by atoms with Gasteiger partial charge in [0, 0.05) is 19.3 Å². The van der Waals surface area contributed by atoms with Gasteiger partial charge in [0.05, 0.1) is 0 Å². The maximum Gasteiger partial charge on any atom is 0.244 e. The summed E-state index contributed by atoms with van der Waals surface area (Å²) >= 11 is 0. The number of anilines is 1. The summed E-state index contributed by atoms with van der Waals surface area (Å²) in [6.45, 7) is 5.31. The van der Waals surface area contributed by atoms with Crippen LogP contribution in [0.2, 0.25) is 0 Å². The van der Waals surface area contributed by atoms with Gasteiger partial charge in [-0.1, -0.05) is 13.8 Å². The third-order valence-electron chi connectivity index (χ3n) is 3.36. The highest BCUT2D eigenvalue weighted by Crippen LogP contribution is 2.26. The number of hydrazine groups is 1. The van der Waals surface area contributed by atoms with Gasteiger partial charge >= 0.3 is 0 Å². The summed E-state index contributed by atoms with van der Waals surface area (Å²) in [5.74, 6) is 6.43. The molecule has 1 aromatic rings. The predicted octanol–water partition coefficient (Wildman–Crippen LogP) is 1.03. The Morgan fingerprint density at radius 3 is 2.42 bits per heavy atom. The molecule has 2 atom stereocenters. The minimum atomic E-state index is -3.45. The van der Waals surface area contributed by atoms with Gasteiger partial charge in [-0.3, -0.25) is 0 Å². The fraction of sp³-hybridized carbons (Fsp3) is 0.583. The van der Waals surface area contributed by atoms with E-state index in [9.17, 15) is 8.42 Å². The van der Waals surface area contributed by atoms with E-state index in [1.165, 1.54) is 12.3 Å². The van der Waals surface area contributed by atoms with Crippen LogP contribution in [0.25, 0.3) is 0 Å². The first-order chi connectivity index (χ1) is 8.93. The van der Waals surface area contributed by atoms with Gasteiger partial charge < -0.3 is 5.43 Å². The van der Waals surface area contributed by atoms with Gasteiger partial charge in [-0.15, -0.1) is 0 Å². The van der Waals surface area contributed by atoms with Gasteiger partial charge in [-0.25, -0.2) is 19.2 Å². The van der Waals surface area contributed by atoms with Crippen LogP contribution in [0, 0.1) is 11.8 Å². The van der Waals surface area contributed by atoms with E-state index in [1.807, 2.05) is 0 Å². The Hall–Kier alpha value is -1.18. The number of rotatable bonds is 3. The lowest BCUT2D eigenvalue weighted by Crippen LogP contribution is -2.42. The first-order valence-corrected chi connectivity index (χ1v) is 7.80.